The number of carbonyl (C=O) groups excluding carboxylic acids is 7. The fraction of sp³-hybridized carbons (Fsp3) is 0.587. The Morgan fingerprint density at radius 3 is 1.41 bits per heavy atom. The second kappa shape index (κ2) is 22.4. The van der Waals surface area contributed by atoms with E-state index in [9.17, 15) is 33.6 Å². The molecule has 0 radical (unpaired) electrons. The van der Waals surface area contributed by atoms with Crippen LogP contribution in [0.15, 0.2) is 36.4 Å². The third kappa shape index (κ3) is 12.1. The van der Waals surface area contributed by atoms with Crippen LogP contribution in [-0.4, -0.2) is 137 Å². The smallest absolute Gasteiger partial charge is 0.308 e. The van der Waals surface area contributed by atoms with Gasteiger partial charge in [0, 0.05) is 60.3 Å². The van der Waals surface area contributed by atoms with Gasteiger partial charge in [0.25, 0.3) is 0 Å². The molecule has 0 amide bonds. The van der Waals surface area contributed by atoms with E-state index in [0.29, 0.717) is 19.0 Å². The van der Waals surface area contributed by atoms with Gasteiger partial charge in [-0.1, -0.05) is 12.1 Å². The van der Waals surface area contributed by atoms with E-state index >= 15 is 0 Å². The lowest BCUT2D eigenvalue weighted by atomic mass is 9.85. The maximum atomic E-state index is 12.7. The number of methoxy groups -OCH3 is 2. The van der Waals surface area contributed by atoms with Crippen LogP contribution in [0.4, 0.5) is 0 Å². The lowest BCUT2D eigenvalue weighted by molar-refractivity contribution is -0.323. The molecule has 4 aliphatic heterocycles. The summed E-state index contributed by atoms with van der Waals surface area (Å²) in [6, 6.07) is 10.3. The summed E-state index contributed by atoms with van der Waals surface area (Å²) in [6.07, 6.45) is -15.1. The van der Waals surface area contributed by atoms with Gasteiger partial charge in [-0.25, -0.2) is 0 Å². The summed E-state index contributed by atoms with van der Waals surface area (Å²) < 4.78 is 87.5. The number of fused-ring (bicyclic) bond motifs is 1. The molecule has 68 heavy (non-hydrogen) atoms. The largest absolute Gasteiger partial charge is 0.493 e. The summed E-state index contributed by atoms with van der Waals surface area (Å²) >= 11 is 0. The van der Waals surface area contributed by atoms with E-state index in [4.69, 9.17) is 71.1 Å². The molecule has 4 aliphatic rings. The van der Waals surface area contributed by atoms with Crippen molar-refractivity contribution < 1.29 is 105 Å². The number of benzene rings is 2. The van der Waals surface area contributed by atoms with Gasteiger partial charge in [-0.15, -0.1) is 0 Å². The summed E-state index contributed by atoms with van der Waals surface area (Å²) in [7, 11) is 2.89. The Morgan fingerprint density at radius 1 is 0.500 bits per heavy atom. The first-order valence-corrected chi connectivity index (χ1v) is 21.7. The fourth-order valence-electron chi connectivity index (χ4n) is 8.80. The fourth-order valence-corrected chi connectivity index (χ4v) is 8.80. The highest BCUT2D eigenvalue weighted by molar-refractivity contribution is 5.71. The highest BCUT2D eigenvalue weighted by atomic mass is 16.8. The molecular formula is C46H56O22. The predicted octanol–water partition coefficient (Wildman–Crippen LogP) is 3.16. The van der Waals surface area contributed by atoms with E-state index in [2.05, 4.69) is 0 Å². The highest BCUT2D eigenvalue weighted by Gasteiger charge is 2.56. The van der Waals surface area contributed by atoms with Gasteiger partial charge in [0.15, 0.2) is 59.8 Å². The normalized spacial score (nSPS) is 30.7. The van der Waals surface area contributed by atoms with Crippen LogP contribution in [0, 0.1) is 11.8 Å². The van der Waals surface area contributed by atoms with E-state index in [1.165, 1.54) is 28.1 Å². The summed E-state index contributed by atoms with van der Waals surface area (Å²) in [6.45, 7) is 9.59. The molecule has 0 spiro atoms. The molecule has 0 aliphatic carbocycles. The minimum absolute atomic E-state index is 0.0526. The van der Waals surface area contributed by atoms with Gasteiger partial charge in [-0.2, -0.15) is 0 Å². The highest BCUT2D eigenvalue weighted by Crippen LogP contribution is 2.52. The standard InChI is InChI=1S/C46H56O22/c1-20-37(61-22(3)48)41(63-24(5)50)43(65-26(7)52)45(59-20)58-19-36-40(62-23(4)49)42(64-25(6)51)44(66-27(8)53)46(68-36)67-33-14-12-29(16-35(33)55-10)39-31-18-56-38(30(31)17-57-39)28-11-13-32(60-21(2)47)34(15-28)54-9/h11-16,20,30-31,36-46H,17-19H2,1-10H3/t20-,30+,31+,36+,37-,38-,39-,40+,41+,42-,43+,44+,45-,46-/m1/s1. The van der Waals surface area contributed by atoms with Crippen LogP contribution >= 0.6 is 0 Å². The molecule has 4 heterocycles. The molecule has 372 valence electrons. The predicted molar refractivity (Wildman–Crippen MR) is 225 cm³/mol. The maximum absolute atomic E-state index is 12.7. The minimum atomic E-state index is -1.61. The zero-order valence-corrected chi connectivity index (χ0v) is 39.1. The van der Waals surface area contributed by atoms with Gasteiger partial charge < -0.3 is 71.1 Å². The topological polar surface area (TPSA) is 258 Å². The SMILES string of the molecule is COc1cc([C@H]2OC[C@H]3[C@@H]2CO[C@@H]3c2ccc(O[C@@H]3O[C@@H](CO[C@@H]4O[C@H](C)[C@@H](OC(C)=O)[C@H](OC(C)=O)[C@@H]4OC(C)=O)[C@H](OC(C)=O)[C@@H](OC(C)=O)[C@@H]3OC(C)=O)c(OC)c2)ccc1OC(C)=O. The Kier molecular flexibility index (Phi) is 16.9. The van der Waals surface area contributed by atoms with E-state index < -0.39 is 116 Å². The molecule has 0 saturated carbocycles. The Labute approximate surface area is 391 Å². The molecule has 0 unspecified atom stereocenters. The molecule has 4 fully saturated rings. The van der Waals surface area contributed by atoms with E-state index in [1.807, 2.05) is 6.07 Å². The molecule has 4 saturated heterocycles. The van der Waals surface area contributed by atoms with Gasteiger partial charge in [-0.3, -0.25) is 33.6 Å². The van der Waals surface area contributed by atoms with Crippen molar-refractivity contribution in [3.05, 3.63) is 47.5 Å². The van der Waals surface area contributed by atoms with Crippen LogP contribution in [0.1, 0.15) is 78.7 Å². The minimum Gasteiger partial charge on any atom is -0.493 e. The Balaban J connectivity index is 1.27. The second-order valence-corrected chi connectivity index (χ2v) is 16.4. The summed E-state index contributed by atoms with van der Waals surface area (Å²) in [5.74, 6) is -4.55. The van der Waals surface area contributed by atoms with Crippen LogP contribution in [-0.2, 0) is 85.7 Å². The average Bonchev–Trinajstić information content (AvgIpc) is 3.87. The zero-order chi connectivity index (χ0) is 49.6. The lowest BCUT2D eigenvalue weighted by Gasteiger charge is -2.46. The molecule has 0 bridgehead atoms. The van der Waals surface area contributed by atoms with Gasteiger partial charge in [0.1, 0.15) is 6.10 Å². The monoisotopic (exact) mass is 960 g/mol. The van der Waals surface area contributed by atoms with Crippen molar-refractivity contribution in [2.45, 2.75) is 129 Å². The van der Waals surface area contributed by atoms with Crippen molar-refractivity contribution in [1.82, 2.24) is 0 Å². The molecule has 14 atom stereocenters. The van der Waals surface area contributed by atoms with Gasteiger partial charge in [0.05, 0.1) is 52.4 Å². The Hall–Kier alpha value is -6.07. The van der Waals surface area contributed by atoms with Crippen molar-refractivity contribution in [2.75, 3.05) is 34.0 Å². The van der Waals surface area contributed by atoms with Gasteiger partial charge in [0.2, 0.25) is 12.4 Å². The molecule has 2 aromatic rings. The van der Waals surface area contributed by atoms with Crippen LogP contribution in [0.2, 0.25) is 0 Å². The zero-order valence-electron chi connectivity index (χ0n) is 39.1. The van der Waals surface area contributed by atoms with Crippen LogP contribution in [0.5, 0.6) is 23.0 Å². The molecule has 22 nitrogen and oxygen atoms in total. The third-order valence-electron chi connectivity index (χ3n) is 11.3. The number of carbonyl (C=O) groups is 7. The Morgan fingerprint density at radius 2 is 0.926 bits per heavy atom. The Bertz CT molecular complexity index is 2190. The number of hydrogen-bond acceptors (Lipinski definition) is 22. The molecular weight excluding hydrogens is 904 g/mol. The van der Waals surface area contributed by atoms with E-state index in [1.54, 1.807) is 30.3 Å². The third-order valence-corrected chi connectivity index (χ3v) is 11.3. The van der Waals surface area contributed by atoms with E-state index in [0.717, 1.165) is 52.7 Å². The quantitative estimate of drug-likeness (QED) is 0.133. The summed E-state index contributed by atoms with van der Waals surface area (Å²) in [5, 5.41) is 0. The van der Waals surface area contributed by atoms with Crippen LogP contribution < -0.4 is 18.9 Å². The summed E-state index contributed by atoms with van der Waals surface area (Å²) in [5.41, 5.74) is 1.54. The average molecular weight is 961 g/mol. The first-order valence-electron chi connectivity index (χ1n) is 21.7. The van der Waals surface area contributed by atoms with Crippen molar-refractivity contribution in [3.8, 4) is 23.0 Å². The lowest BCUT2D eigenvalue weighted by Crippen LogP contribution is -2.64. The van der Waals surface area contributed by atoms with Crippen molar-refractivity contribution >= 4 is 41.8 Å². The van der Waals surface area contributed by atoms with Gasteiger partial charge in [-0.05, 0) is 42.3 Å². The number of rotatable bonds is 16. The van der Waals surface area contributed by atoms with Gasteiger partial charge >= 0.3 is 41.8 Å². The van der Waals surface area contributed by atoms with Crippen molar-refractivity contribution in [2.24, 2.45) is 11.8 Å². The van der Waals surface area contributed by atoms with E-state index in [-0.39, 0.29) is 35.2 Å². The molecule has 0 N–H and O–H groups in total. The maximum Gasteiger partial charge on any atom is 0.308 e. The number of ether oxygens (including phenoxy) is 15. The molecule has 0 aromatic heterocycles. The summed E-state index contributed by atoms with van der Waals surface area (Å²) in [4.78, 5) is 86.2. The molecule has 2 aromatic carbocycles. The van der Waals surface area contributed by atoms with Crippen LogP contribution in [0.25, 0.3) is 0 Å². The number of hydrogen-bond donors (Lipinski definition) is 0. The van der Waals surface area contributed by atoms with Crippen molar-refractivity contribution in [1.29, 1.82) is 0 Å². The molecule has 6 rings (SSSR count). The second-order valence-electron chi connectivity index (χ2n) is 16.4. The first-order chi connectivity index (χ1) is 32.3. The van der Waals surface area contributed by atoms with Crippen LogP contribution in [0.3, 0.4) is 0 Å². The first kappa shape index (κ1) is 51.3. The molecule has 22 heteroatoms. The number of esters is 7. The van der Waals surface area contributed by atoms with Crippen molar-refractivity contribution in [3.63, 3.8) is 0 Å².